The minimum atomic E-state index is 0.576. The van der Waals surface area contributed by atoms with E-state index in [0.29, 0.717) is 17.5 Å². The summed E-state index contributed by atoms with van der Waals surface area (Å²) in [6, 6.07) is 76.9. The minimum Gasteiger partial charge on any atom is -0.456 e. The van der Waals surface area contributed by atoms with Gasteiger partial charge in [-0.15, -0.1) is 0 Å². The molecule has 0 unspecified atom stereocenters. The number of fused-ring (bicyclic) bond motifs is 11. The van der Waals surface area contributed by atoms with Crippen molar-refractivity contribution in [3.05, 3.63) is 242 Å². The first-order chi connectivity index (χ1) is 36.6. The van der Waals surface area contributed by atoms with E-state index in [1.54, 1.807) is 0 Å². The third kappa shape index (κ3) is 6.91. The predicted octanol–water partition coefficient (Wildman–Crippen LogP) is 18.2. The van der Waals surface area contributed by atoms with Gasteiger partial charge in [0.05, 0.1) is 11.0 Å². The molecule has 74 heavy (non-hydrogen) atoms. The summed E-state index contributed by atoms with van der Waals surface area (Å²) in [5.74, 6) is 1.77. The van der Waals surface area contributed by atoms with Crippen LogP contribution in [0.4, 0.5) is 0 Å². The lowest BCUT2D eigenvalue weighted by molar-refractivity contribution is 0.668. The minimum absolute atomic E-state index is 0.576. The Morgan fingerprint density at radius 3 is 1.61 bits per heavy atom. The lowest BCUT2D eigenvalue weighted by atomic mass is 9.95. The number of hydrogen-bond acceptors (Lipinski definition) is 5. The number of furan rings is 2. The van der Waals surface area contributed by atoms with Crippen molar-refractivity contribution in [2.75, 3.05) is 0 Å². The van der Waals surface area contributed by atoms with Crippen molar-refractivity contribution in [2.24, 2.45) is 0 Å². The molecule has 0 amide bonds. The van der Waals surface area contributed by atoms with Crippen LogP contribution in [0, 0.1) is 0 Å². The van der Waals surface area contributed by atoms with Gasteiger partial charge < -0.3 is 13.4 Å². The van der Waals surface area contributed by atoms with Crippen molar-refractivity contribution in [3.8, 4) is 73.2 Å². The van der Waals surface area contributed by atoms with Crippen LogP contribution in [0.25, 0.3) is 151 Å². The van der Waals surface area contributed by atoms with Gasteiger partial charge in [-0.25, -0.2) is 15.0 Å². The normalized spacial score (nSPS) is 12.4. The van der Waals surface area contributed by atoms with E-state index in [2.05, 4.69) is 181 Å². The fourth-order valence-electron chi connectivity index (χ4n) is 11.1. The molecule has 10 aromatic carbocycles. The maximum Gasteiger partial charge on any atom is 0.164 e. The second-order valence-corrected chi connectivity index (χ2v) is 19.0. The summed E-state index contributed by atoms with van der Waals surface area (Å²) in [7, 11) is 0. The molecule has 6 heteroatoms. The van der Waals surface area contributed by atoms with Crippen LogP contribution in [0.1, 0.15) is 17.5 Å². The molecule has 6 nitrogen and oxygen atoms in total. The van der Waals surface area contributed by atoms with E-state index in [1.165, 1.54) is 21.9 Å². The molecule has 0 aliphatic heterocycles. The van der Waals surface area contributed by atoms with Crippen molar-refractivity contribution in [1.82, 2.24) is 19.5 Å². The van der Waals surface area contributed by atoms with Gasteiger partial charge in [-0.1, -0.05) is 176 Å². The van der Waals surface area contributed by atoms with E-state index in [0.717, 1.165) is 117 Å². The Labute approximate surface area is 425 Å². The first-order valence-corrected chi connectivity index (χ1v) is 25.0. The zero-order chi connectivity index (χ0) is 48.7. The van der Waals surface area contributed by atoms with E-state index in [1.807, 2.05) is 66.7 Å². The number of allylic oxidation sites excluding steroid dienone is 2. The first-order valence-electron chi connectivity index (χ1n) is 25.0. The molecule has 0 atom stereocenters. The lowest BCUT2D eigenvalue weighted by Gasteiger charge is -2.14. The molecule has 1 aliphatic rings. The second-order valence-electron chi connectivity index (χ2n) is 19.0. The molecule has 0 spiro atoms. The Kier molecular flexibility index (Phi) is 9.53. The second kappa shape index (κ2) is 16.9. The highest BCUT2D eigenvalue weighted by Gasteiger charge is 2.22. The molecular formula is C68H42N4O2. The number of rotatable bonds is 7. The zero-order valence-corrected chi connectivity index (χ0v) is 39.9. The molecular weight excluding hydrogens is 905 g/mol. The number of hydrogen-bond donors (Lipinski definition) is 0. The number of nitrogens with zero attached hydrogens (tertiary/aromatic N) is 4. The Balaban J connectivity index is 0.869. The molecule has 14 aromatic rings. The van der Waals surface area contributed by atoms with Crippen molar-refractivity contribution in [2.45, 2.75) is 6.42 Å². The van der Waals surface area contributed by atoms with Crippen LogP contribution in [0.15, 0.2) is 239 Å². The highest BCUT2D eigenvalue weighted by molar-refractivity contribution is 6.18. The van der Waals surface area contributed by atoms with Gasteiger partial charge >= 0.3 is 0 Å². The third-order valence-corrected chi connectivity index (χ3v) is 14.6. The first kappa shape index (κ1) is 41.8. The molecule has 346 valence electrons. The van der Waals surface area contributed by atoms with E-state index < -0.39 is 0 Å². The number of aromatic nitrogens is 4. The largest absolute Gasteiger partial charge is 0.456 e. The van der Waals surface area contributed by atoms with Crippen LogP contribution >= 0.6 is 0 Å². The van der Waals surface area contributed by atoms with E-state index in [9.17, 15) is 0 Å². The van der Waals surface area contributed by atoms with Gasteiger partial charge in [0.15, 0.2) is 17.5 Å². The topological polar surface area (TPSA) is 69.9 Å². The molecule has 0 radical (unpaired) electrons. The number of benzene rings is 10. The lowest BCUT2D eigenvalue weighted by Crippen LogP contribution is -2.00. The Morgan fingerprint density at radius 1 is 0.351 bits per heavy atom. The summed E-state index contributed by atoms with van der Waals surface area (Å²) < 4.78 is 15.1. The van der Waals surface area contributed by atoms with Crippen LogP contribution in [0.5, 0.6) is 0 Å². The fourth-order valence-corrected chi connectivity index (χ4v) is 11.1. The van der Waals surface area contributed by atoms with E-state index in [-0.39, 0.29) is 0 Å². The Bertz CT molecular complexity index is 4650. The van der Waals surface area contributed by atoms with Gasteiger partial charge in [-0.3, -0.25) is 0 Å². The predicted molar refractivity (Wildman–Crippen MR) is 304 cm³/mol. The molecule has 4 aromatic heterocycles. The maximum absolute atomic E-state index is 6.35. The molecule has 0 saturated carbocycles. The van der Waals surface area contributed by atoms with Crippen LogP contribution < -0.4 is 0 Å². The van der Waals surface area contributed by atoms with Crippen LogP contribution in [-0.4, -0.2) is 19.5 Å². The van der Waals surface area contributed by atoms with Gasteiger partial charge in [0, 0.05) is 60.3 Å². The average Bonchev–Trinajstić information content (AvgIpc) is 4.11. The molecule has 0 bridgehead atoms. The Morgan fingerprint density at radius 2 is 0.865 bits per heavy atom. The summed E-state index contributed by atoms with van der Waals surface area (Å²) in [6.45, 7) is 0. The van der Waals surface area contributed by atoms with Crippen molar-refractivity contribution >= 4 is 77.8 Å². The monoisotopic (exact) mass is 946 g/mol. The highest BCUT2D eigenvalue weighted by Crippen LogP contribution is 2.43. The van der Waals surface area contributed by atoms with Gasteiger partial charge in [0.2, 0.25) is 0 Å². The van der Waals surface area contributed by atoms with Gasteiger partial charge in [0.1, 0.15) is 22.3 Å². The molecule has 15 rings (SSSR count). The quantitative estimate of drug-likeness (QED) is 0.159. The number of para-hydroxylation sites is 3. The maximum atomic E-state index is 6.35. The standard InChI is InChI=1S/C68H42N4O2/c1-4-16-43(17-5-1)66-69-67(71-68(70-66)50-32-35-57-55-26-8-10-30-61(55)74-63(57)41-50)49-22-12-19-45(38-49)46-20-13-23-51(39-46)72-59-36-33-42-15-3-2-6-24-52(42)64(59)58-28-14-27-53(65(58)72)48-21-11-18-44(37-48)47-31-34-56-54-25-7-9-29-60(54)73-62(56)40-47/h1,3-41H,2H2. The fraction of sp³-hybridized carbons (Fsp3) is 0.0147. The van der Waals surface area contributed by atoms with E-state index in [4.69, 9.17) is 23.8 Å². The molecule has 4 heterocycles. The summed E-state index contributed by atoms with van der Waals surface area (Å²) in [5, 5.41) is 6.83. The molecule has 0 N–H and O–H groups in total. The molecule has 0 fully saturated rings. The van der Waals surface area contributed by atoms with Crippen LogP contribution in [-0.2, 0) is 0 Å². The summed E-state index contributed by atoms with van der Waals surface area (Å²) >= 11 is 0. The van der Waals surface area contributed by atoms with Crippen LogP contribution in [0.2, 0.25) is 0 Å². The third-order valence-electron chi connectivity index (χ3n) is 14.6. The van der Waals surface area contributed by atoms with Crippen molar-refractivity contribution < 1.29 is 8.83 Å². The van der Waals surface area contributed by atoms with Gasteiger partial charge in [-0.05, 0) is 112 Å². The van der Waals surface area contributed by atoms with Gasteiger partial charge in [0.25, 0.3) is 0 Å². The zero-order valence-electron chi connectivity index (χ0n) is 39.9. The van der Waals surface area contributed by atoms with Crippen molar-refractivity contribution in [3.63, 3.8) is 0 Å². The summed E-state index contributed by atoms with van der Waals surface area (Å²) in [4.78, 5) is 15.3. The molecule has 1 aliphatic carbocycles. The highest BCUT2D eigenvalue weighted by atomic mass is 16.3. The summed E-state index contributed by atoms with van der Waals surface area (Å²) in [5.41, 5.74) is 18.5. The smallest absolute Gasteiger partial charge is 0.164 e. The average molecular weight is 947 g/mol. The van der Waals surface area contributed by atoms with Crippen molar-refractivity contribution in [1.29, 1.82) is 0 Å². The summed E-state index contributed by atoms with van der Waals surface area (Å²) in [6.07, 6.45) is 9.97. The molecule has 0 saturated heterocycles. The van der Waals surface area contributed by atoms with Crippen LogP contribution in [0.3, 0.4) is 0 Å². The van der Waals surface area contributed by atoms with Gasteiger partial charge in [-0.2, -0.15) is 0 Å². The Hall–Kier alpha value is -9.91. The SMILES string of the molecule is C1=Cc2ccc3c(c2C=CC1)c1cccc(-c2cccc(-c4ccc5c(c4)oc4ccccc45)c2)c1n3-c1cccc(-c2cccc(-c3nc(-c4ccccc4)nc(-c4ccc5c(c4)oc4ccccc45)n3)c2)c1. The van der Waals surface area contributed by atoms with E-state index >= 15 is 0 Å².